The molecule has 11 nitrogen and oxygen atoms in total. The first kappa shape index (κ1) is 32.8. The van der Waals surface area contributed by atoms with Crippen molar-refractivity contribution in [3.05, 3.63) is 86.0 Å². The average Bonchev–Trinajstić information content (AvgIpc) is 3.06. The van der Waals surface area contributed by atoms with Crippen LogP contribution >= 0.6 is 15.9 Å². The van der Waals surface area contributed by atoms with Gasteiger partial charge in [-0.2, -0.15) is 5.10 Å². The molecule has 248 valence electrons. The summed E-state index contributed by atoms with van der Waals surface area (Å²) < 4.78 is 22.6. The molecule has 3 amide bonds. The molecule has 4 heterocycles. The second kappa shape index (κ2) is 13.9. The van der Waals surface area contributed by atoms with Crippen molar-refractivity contribution in [2.24, 2.45) is 7.05 Å². The first-order valence-electron chi connectivity index (χ1n) is 15.9. The molecule has 0 spiro atoms. The smallest absolute Gasteiger partial charge is 0.282 e. The lowest BCUT2D eigenvalue weighted by Gasteiger charge is -2.37. The number of anilines is 1. The van der Waals surface area contributed by atoms with E-state index in [0.29, 0.717) is 53.6 Å². The van der Waals surface area contributed by atoms with Crippen molar-refractivity contribution in [1.82, 2.24) is 24.9 Å². The molecule has 2 N–H and O–H groups in total. The molecule has 3 saturated heterocycles. The van der Waals surface area contributed by atoms with E-state index < -0.39 is 17.6 Å². The Morgan fingerprint density at radius 2 is 1.74 bits per heavy atom. The zero-order valence-electron chi connectivity index (χ0n) is 26.4. The number of nitrogens with one attached hydrogen (secondary N) is 2. The highest BCUT2D eigenvalue weighted by molar-refractivity contribution is 9.10. The van der Waals surface area contributed by atoms with E-state index in [-0.39, 0.29) is 47.6 Å². The van der Waals surface area contributed by atoms with Crippen LogP contribution in [0.3, 0.4) is 0 Å². The van der Waals surface area contributed by atoms with Gasteiger partial charge in [0, 0.05) is 64.1 Å². The van der Waals surface area contributed by atoms with Gasteiger partial charge in [0.15, 0.2) is 11.6 Å². The number of imide groups is 1. The molecule has 3 aliphatic rings. The minimum atomic E-state index is -0.560. The Balaban J connectivity index is 1.02. The van der Waals surface area contributed by atoms with Gasteiger partial charge < -0.3 is 19.9 Å². The molecule has 0 aliphatic carbocycles. The van der Waals surface area contributed by atoms with Gasteiger partial charge in [-0.25, -0.2) is 9.07 Å². The Kier molecular flexibility index (Phi) is 9.74. The van der Waals surface area contributed by atoms with Crippen molar-refractivity contribution < 1.29 is 23.5 Å². The van der Waals surface area contributed by atoms with Crippen LogP contribution in [-0.2, 0) is 16.6 Å². The van der Waals surface area contributed by atoms with E-state index in [1.54, 1.807) is 19.3 Å². The number of halogens is 2. The summed E-state index contributed by atoms with van der Waals surface area (Å²) in [5.41, 5.74) is 2.77. The van der Waals surface area contributed by atoms with Crippen molar-refractivity contribution in [1.29, 1.82) is 0 Å². The molecule has 1 aromatic heterocycles. The zero-order valence-corrected chi connectivity index (χ0v) is 28.0. The molecule has 3 aromatic rings. The molecule has 2 aromatic carbocycles. The van der Waals surface area contributed by atoms with Gasteiger partial charge in [0.25, 0.3) is 11.5 Å². The van der Waals surface area contributed by atoms with Crippen LogP contribution in [0.5, 0.6) is 5.75 Å². The Morgan fingerprint density at radius 1 is 1.02 bits per heavy atom. The first-order valence-corrected chi connectivity index (χ1v) is 16.7. The minimum absolute atomic E-state index is 0.0434. The molecule has 0 saturated carbocycles. The largest absolute Gasteiger partial charge is 0.487 e. The topological polar surface area (TPSA) is 126 Å². The van der Waals surface area contributed by atoms with E-state index in [1.165, 1.54) is 16.8 Å². The zero-order chi connectivity index (χ0) is 33.2. The lowest BCUT2D eigenvalue weighted by molar-refractivity contribution is -0.134. The summed E-state index contributed by atoms with van der Waals surface area (Å²) >= 11 is 3.40. The number of benzene rings is 2. The molecule has 13 heteroatoms. The van der Waals surface area contributed by atoms with Crippen LogP contribution < -0.4 is 20.9 Å². The van der Waals surface area contributed by atoms with E-state index in [1.807, 2.05) is 29.2 Å². The summed E-state index contributed by atoms with van der Waals surface area (Å²) in [7, 11) is 3.69. The normalized spacial score (nSPS) is 22.6. The summed E-state index contributed by atoms with van der Waals surface area (Å²) in [6.07, 6.45) is 4.01. The summed E-state index contributed by atoms with van der Waals surface area (Å²) in [6, 6.07) is 12.5. The maximum atomic E-state index is 14.9. The molecule has 3 fully saturated rings. The van der Waals surface area contributed by atoms with Crippen LogP contribution in [0, 0.1) is 5.82 Å². The van der Waals surface area contributed by atoms with Gasteiger partial charge in [0.1, 0.15) is 10.6 Å². The van der Waals surface area contributed by atoms with Crippen molar-refractivity contribution >= 4 is 39.3 Å². The van der Waals surface area contributed by atoms with Gasteiger partial charge in [0.2, 0.25) is 11.8 Å². The van der Waals surface area contributed by atoms with Crippen molar-refractivity contribution in [2.45, 2.75) is 56.1 Å². The number of rotatable bonds is 7. The van der Waals surface area contributed by atoms with Crippen molar-refractivity contribution in [3.8, 4) is 5.75 Å². The summed E-state index contributed by atoms with van der Waals surface area (Å²) in [6.45, 7) is 2.70. The molecular weight excluding hydrogens is 671 g/mol. The van der Waals surface area contributed by atoms with E-state index in [4.69, 9.17) is 4.74 Å². The Labute approximate surface area is 280 Å². The number of piperidine rings is 3. The molecule has 6 rings (SSSR count). The number of likely N-dealkylation sites (tertiary alicyclic amines) is 2. The van der Waals surface area contributed by atoms with Crippen LogP contribution in [0.15, 0.2) is 57.9 Å². The molecular formula is C34H38BrFN6O5. The predicted octanol–water partition coefficient (Wildman–Crippen LogP) is 3.79. The molecule has 47 heavy (non-hydrogen) atoms. The van der Waals surface area contributed by atoms with E-state index in [9.17, 15) is 23.6 Å². The highest BCUT2D eigenvalue weighted by Gasteiger charge is 2.31. The number of hydrogen-bond acceptors (Lipinski definition) is 8. The number of likely N-dealkylation sites (N-methyl/N-ethyl adjacent to an activating group) is 1. The van der Waals surface area contributed by atoms with Gasteiger partial charge >= 0.3 is 0 Å². The maximum Gasteiger partial charge on any atom is 0.282 e. The third kappa shape index (κ3) is 7.41. The van der Waals surface area contributed by atoms with Crippen LogP contribution in [-0.4, -0.2) is 82.7 Å². The Bertz CT molecular complexity index is 1720. The second-order valence-corrected chi connectivity index (χ2v) is 13.5. The van der Waals surface area contributed by atoms with Crippen LogP contribution in [0.25, 0.3) is 0 Å². The monoisotopic (exact) mass is 708 g/mol. The Morgan fingerprint density at radius 3 is 2.45 bits per heavy atom. The summed E-state index contributed by atoms with van der Waals surface area (Å²) in [5, 5.41) is 9.92. The summed E-state index contributed by atoms with van der Waals surface area (Å²) in [4.78, 5) is 53.3. The number of amides is 3. The predicted molar refractivity (Wildman–Crippen MR) is 177 cm³/mol. The molecule has 0 bridgehead atoms. The lowest BCUT2D eigenvalue weighted by atomic mass is 9.87. The third-order valence-corrected chi connectivity index (χ3v) is 10.1. The number of carbonyl (C=O) groups is 3. The average molecular weight is 710 g/mol. The number of aromatic nitrogens is 2. The van der Waals surface area contributed by atoms with Gasteiger partial charge in [-0.15, -0.1) is 0 Å². The Hall–Kier alpha value is -4.10. The fourth-order valence-corrected chi connectivity index (χ4v) is 7.25. The van der Waals surface area contributed by atoms with Gasteiger partial charge in [0.05, 0.1) is 17.8 Å². The molecule has 3 aliphatic heterocycles. The quantitative estimate of drug-likeness (QED) is 0.356. The standard InChI is InChI=1S/C34H38BrFN6O5/c1-40-18-23(15-24(19-40)38-28-17-37-41(2)34(46)31(28)35)20-3-5-21(6-4-20)33(45)42-13-11-25(12-14-42)47-29-9-7-22(16-27(29)36)26-8-10-30(43)39-32(26)44/h3-7,9,16-17,23-26,38H,8,10-15,18-19H2,1-2H3,(H,39,43,44)/t23-,24+,26-/m0/s1. The SMILES string of the molecule is CN1C[C@H](Nc2cnn(C)c(=O)c2Br)C[C@H](c2ccc(C(=O)N3CCC(Oc4ccc([C@@H]5CCC(=O)NC5=O)cc4F)CC3)cc2)C1. The van der Waals surface area contributed by atoms with Crippen LogP contribution in [0.2, 0.25) is 0 Å². The number of hydrogen-bond donors (Lipinski definition) is 2. The van der Waals surface area contributed by atoms with Crippen LogP contribution in [0.1, 0.15) is 65.4 Å². The molecule has 3 atom stereocenters. The third-order valence-electron chi connectivity index (χ3n) is 9.32. The number of nitrogens with zero attached hydrogens (tertiary/aromatic N) is 4. The number of aryl methyl sites for hydroxylation is 1. The van der Waals surface area contributed by atoms with Gasteiger partial charge in [-0.05, 0) is 77.1 Å². The van der Waals surface area contributed by atoms with Gasteiger partial charge in [-0.3, -0.25) is 24.5 Å². The second-order valence-electron chi connectivity index (χ2n) is 12.7. The molecule has 0 unspecified atom stereocenters. The lowest BCUT2D eigenvalue weighted by Crippen LogP contribution is -2.43. The van der Waals surface area contributed by atoms with Crippen molar-refractivity contribution in [2.75, 3.05) is 38.5 Å². The fourth-order valence-electron chi connectivity index (χ4n) is 6.77. The highest BCUT2D eigenvalue weighted by Crippen LogP contribution is 2.31. The first-order chi connectivity index (χ1) is 22.5. The maximum absolute atomic E-state index is 14.9. The molecule has 0 radical (unpaired) electrons. The van der Waals surface area contributed by atoms with Gasteiger partial charge in [-0.1, -0.05) is 18.2 Å². The summed E-state index contributed by atoms with van der Waals surface area (Å²) in [5.74, 6) is -1.50. The number of carbonyl (C=O) groups excluding carboxylic acids is 3. The number of ether oxygens (including phenoxy) is 1. The van der Waals surface area contributed by atoms with Crippen molar-refractivity contribution in [3.63, 3.8) is 0 Å². The highest BCUT2D eigenvalue weighted by atomic mass is 79.9. The van der Waals surface area contributed by atoms with E-state index in [2.05, 4.69) is 43.6 Å². The fraction of sp³-hybridized carbons (Fsp3) is 0.441. The minimum Gasteiger partial charge on any atom is -0.487 e. The van der Waals surface area contributed by atoms with Crippen LogP contribution in [0.4, 0.5) is 10.1 Å². The van der Waals surface area contributed by atoms with E-state index >= 15 is 0 Å². The van der Waals surface area contributed by atoms with E-state index in [0.717, 1.165) is 25.1 Å².